The van der Waals surface area contributed by atoms with Crippen LogP contribution in [0, 0.1) is 6.92 Å². The standard InChI is InChI=1S/C21H19N7O2/c1-15-19(11-24-28(15)18-5-3-2-4-6-18)21(30)23-12-20(29)26-16-7-9-17(10-8-16)27-14-22-13-25-27/h2-11,13-14H,12H2,1H3,(H,23,30)(H,26,29). The first-order chi connectivity index (χ1) is 14.6. The predicted octanol–water partition coefficient (Wildman–Crippen LogP) is 2.13. The molecule has 0 atom stereocenters. The van der Waals surface area contributed by atoms with Crippen LogP contribution in [0.5, 0.6) is 0 Å². The van der Waals surface area contributed by atoms with E-state index in [1.165, 1.54) is 12.5 Å². The van der Waals surface area contributed by atoms with Gasteiger partial charge in [0.15, 0.2) is 0 Å². The molecule has 9 nitrogen and oxygen atoms in total. The van der Waals surface area contributed by atoms with E-state index in [4.69, 9.17) is 0 Å². The van der Waals surface area contributed by atoms with Gasteiger partial charge in [-0.2, -0.15) is 10.2 Å². The van der Waals surface area contributed by atoms with Crippen LogP contribution in [-0.4, -0.2) is 42.9 Å². The molecule has 2 heterocycles. The quantitative estimate of drug-likeness (QED) is 0.515. The van der Waals surface area contributed by atoms with Gasteiger partial charge in [0.05, 0.1) is 35.4 Å². The molecule has 0 aliphatic rings. The number of nitrogens with zero attached hydrogens (tertiary/aromatic N) is 5. The monoisotopic (exact) mass is 401 g/mol. The van der Waals surface area contributed by atoms with Gasteiger partial charge in [0.25, 0.3) is 5.91 Å². The molecule has 2 aromatic carbocycles. The minimum absolute atomic E-state index is 0.153. The van der Waals surface area contributed by atoms with Gasteiger partial charge in [-0.1, -0.05) is 18.2 Å². The van der Waals surface area contributed by atoms with Gasteiger partial charge in [-0.05, 0) is 43.3 Å². The second-order valence-electron chi connectivity index (χ2n) is 6.51. The molecule has 4 aromatic rings. The van der Waals surface area contributed by atoms with E-state index >= 15 is 0 Å². The Morgan fingerprint density at radius 2 is 1.73 bits per heavy atom. The highest BCUT2D eigenvalue weighted by molar-refractivity contribution is 5.99. The van der Waals surface area contributed by atoms with Crippen LogP contribution in [0.4, 0.5) is 5.69 Å². The smallest absolute Gasteiger partial charge is 0.255 e. The van der Waals surface area contributed by atoms with Crippen molar-refractivity contribution in [2.24, 2.45) is 0 Å². The number of benzene rings is 2. The topological polar surface area (TPSA) is 107 Å². The summed E-state index contributed by atoms with van der Waals surface area (Å²) in [6, 6.07) is 16.7. The lowest BCUT2D eigenvalue weighted by molar-refractivity contribution is -0.115. The number of amides is 2. The Morgan fingerprint density at radius 3 is 2.43 bits per heavy atom. The third kappa shape index (κ3) is 4.09. The largest absolute Gasteiger partial charge is 0.343 e. The number of para-hydroxylation sites is 1. The van der Waals surface area contributed by atoms with E-state index in [1.54, 1.807) is 27.8 Å². The highest BCUT2D eigenvalue weighted by Crippen LogP contribution is 2.14. The van der Waals surface area contributed by atoms with Crippen LogP contribution in [0.15, 0.2) is 73.4 Å². The molecule has 30 heavy (non-hydrogen) atoms. The van der Waals surface area contributed by atoms with Gasteiger partial charge in [0.1, 0.15) is 12.7 Å². The Kier molecular flexibility index (Phi) is 5.33. The molecule has 0 unspecified atom stereocenters. The zero-order chi connectivity index (χ0) is 20.9. The molecule has 0 saturated carbocycles. The lowest BCUT2D eigenvalue weighted by atomic mass is 10.2. The number of carbonyl (C=O) groups is 2. The summed E-state index contributed by atoms with van der Waals surface area (Å²) in [5.41, 5.74) is 3.42. The SMILES string of the molecule is Cc1c(C(=O)NCC(=O)Nc2ccc(-n3cncn3)cc2)cnn1-c1ccccc1. The Hall–Kier alpha value is -4.27. The molecule has 2 amide bonds. The van der Waals surface area contributed by atoms with Crippen molar-refractivity contribution in [1.82, 2.24) is 29.9 Å². The molecule has 0 fully saturated rings. The van der Waals surface area contributed by atoms with Crippen molar-refractivity contribution in [3.05, 3.63) is 84.7 Å². The lowest BCUT2D eigenvalue weighted by Crippen LogP contribution is -2.33. The number of nitrogens with one attached hydrogen (secondary N) is 2. The summed E-state index contributed by atoms with van der Waals surface area (Å²) in [4.78, 5) is 28.6. The fourth-order valence-corrected chi connectivity index (χ4v) is 2.96. The van der Waals surface area contributed by atoms with E-state index in [0.29, 0.717) is 16.9 Å². The average molecular weight is 401 g/mol. The summed E-state index contributed by atoms with van der Waals surface area (Å²) in [7, 11) is 0. The number of hydrogen-bond donors (Lipinski definition) is 2. The van der Waals surface area contributed by atoms with Crippen molar-refractivity contribution in [3.63, 3.8) is 0 Å². The lowest BCUT2D eigenvalue weighted by Gasteiger charge is -2.08. The molecule has 0 aliphatic carbocycles. The zero-order valence-corrected chi connectivity index (χ0v) is 16.2. The average Bonchev–Trinajstić information content (AvgIpc) is 3.43. The maximum atomic E-state index is 12.5. The highest BCUT2D eigenvalue weighted by Gasteiger charge is 2.16. The van der Waals surface area contributed by atoms with E-state index < -0.39 is 0 Å². The number of anilines is 1. The summed E-state index contributed by atoms with van der Waals surface area (Å²) < 4.78 is 3.30. The van der Waals surface area contributed by atoms with Crippen LogP contribution < -0.4 is 10.6 Å². The molecule has 0 radical (unpaired) electrons. The molecule has 2 aromatic heterocycles. The van der Waals surface area contributed by atoms with Crippen LogP contribution in [0.2, 0.25) is 0 Å². The van der Waals surface area contributed by atoms with Crippen LogP contribution in [0.25, 0.3) is 11.4 Å². The van der Waals surface area contributed by atoms with E-state index in [9.17, 15) is 9.59 Å². The van der Waals surface area contributed by atoms with E-state index in [1.807, 2.05) is 49.4 Å². The summed E-state index contributed by atoms with van der Waals surface area (Å²) in [6.45, 7) is 1.66. The predicted molar refractivity (Wildman–Crippen MR) is 111 cm³/mol. The van der Waals surface area contributed by atoms with Crippen molar-refractivity contribution >= 4 is 17.5 Å². The first-order valence-corrected chi connectivity index (χ1v) is 9.25. The highest BCUT2D eigenvalue weighted by atomic mass is 16.2. The first kappa shape index (κ1) is 19.1. The van der Waals surface area contributed by atoms with E-state index in [0.717, 1.165) is 11.4 Å². The fourth-order valence-electron chi connectivity index (χ4n) is 2.96. The van der Waals surface area contributed by atoms with E-state index in [2.05, 4.69) is 25.8 Å². The number of hydrogen-bond acceptors (Lipinski definition) is 5. The Labute approximate surface area is 172 Å². The molecular formula is C21H19N7O2. The first-order valence-electron chi connectivity index (χ1n) is 9.25. The van der Waals surface area contributed by atoms with Gasteiger partial charge in [0, 0.05) is 5.69 Å². The molecule has 2 N–H and O–H groups in total. The van der Waals surface area contributed by atoms with E-state index in [-0.39, 0.29) is 18.4 Å². The molecule has 0 saturated heterocycles. The second kappa shape index (κ2) is 8.39. The molecular weight excluding hydrogens is 382 g/mol. The summed E-state index contributed by atoms with van der Waals surface area (Å²) >= 11 is 0. The Morgan fingerprint density at radius 1 is 0.967 bits per heavy atom. The van der Waals surface area contributed by atoms with Gasteiger partial charge in [0.2, 0.25) is 5.91 Å². The van der Waals surface area contributed by atoms with Crippen LogP contribution in [0.1, 0.15) is 16.1 Å². The zero-order valence-electron chi connectivity index (χ0n) is 16.2. The number of carbonyl (C=O) groups excluding carboxylic acids is 2. The van der Waals surface area contributed by atoms with Crippen molar-refractivity contribution < 1.29 is 9.59 Å². The molecule has 0 bridgehead atoms. The van der Waals surface area contributed by atoms with Crippen LogP contribution >= 0.6 is 0 Å². The summed E-state index contributed by atoms with van der Waals surface area (Å²) in [5.74, 6) is -0.684. The third-order valence-corrected chi connectivity index (χ3v) is 4.50. The second-order valence-corrected chi connectivity index (χ2v) is 6.51. The number of rotatable bonds is 6. The van der Waals surface area contributed by atoms with Crippen molar-refractivity contribution in [2.75, 3.05) is 11.9 Å². The van der Waals surface area contributed by atoms with Gasteiger partial charge >= 0.3 is 0 Å². The summed E-state index contributed by atoms with van der Waals surface area (Å²) in [5, 5.41) is 13.7. The van der Waals surface area contributed by atoms with Crippen molar-refractivity contribution in [2.45, 2.75) is 6.92 Å². The van der Waals surface area contributed by atoms with Gasteiger partial charge in [-0.25, -0.2) is 14.3 Å². The third-order valence-electron chi connectivity index (χ3n) is 4.50. The van der Waals surface area contributed by atoms with Crippen molar-refractivity contribution in [3.8, 4) is 11.4 Å². The number of aromatic nitrogens is 5. The molecule has 9 heteroatoms. The maximum Gasteiger partial charge on any atom is 0.255 e. The Bertz CT molecular complexity index is 1150. The Balaban J connectivity index is 1.34. The van der Waals surface area contributed by atoms with Crippen LogP contribution in [-0.2, 0) is 4.79 Å². The van der Waals surface area contributed by atoms with Crippen molar-refractivity contribution in [1.29, 1.82) is 0 Å². The van der Waals surface area contributed by atoms with Crippen LogP contribution in [0.3, 0.4) is 0 Å². The molecule has 0 spiro atoms. The fraction of sp³-hybridized carbons (Fsp3) is 0.0952. The van der Waals surface area contributed by atoms with Gasteiger partial charge < -0.3 is 10.6 Å². The molecule has 0 aliphatic heterocycles. The minimum Gasteiger partial charge on any atom is -0.343 e. The summed E-state index contributed by atoms with van der Waals surface area (Å²) in [6.07, 6.45) is 4.53. The van der Waals surface area contributed by atoms with Gasteiger partial charge in [-0.15, -0.1) is 0 Å². The molecule has 4 rings (SSSR count). The minimum atomic E-state index is -0.355. The maximum absolute atomic E-state index is 12.5. The molecule has 150 valence electrons. The normalized spacial score (nSPS) is 10.6. The van der Waals surface area contributed by atoms with Gasteiger partial charge in [-0.3, -0.25) is 9.59 Å².